The summed E-state index contributed by atoms with van der Waals surface area (Å²) < 4.78 is 32.2. The van der Waals surface area contributed by atoms with Crippen molar-refractivity contribution in [3.8, 4) is 11.6 Å². The normalized spacial score (nSPS) is 11.4. The fourth-order valence-corrected chi connectivity index (χ4v) is 2.86. The molecule has 0 saturated carbocycles. The molecule has 3 rings (SSSR count). The minimum absolute atomic E-state index is 0. The Balaban J connectivity index is 0.00000300. The van der Waals surface area contributed by atoms with Crippen molar-refractivity contribution in [3.05, 3.63) is 59.8 Å². The Morgan fingerprint density at radius 1 is 1.10 bits per heavy atom. The van der Waals surface area contributed by atoms with E-state index >= 15 is 0 Å². The van der Waals surface area contributed by atoms with Gasteiger partial charge >= 0.3 is 17.4 Å². The fraction of sp³-hybridized carbons (Fsp3) is 0.0588. The molecule has 29 heavy (non-hydrogen) atoms. The zero-order valence-electron chi connectivity index (χ0n) is 14.7. The van der Waals surface area contributed by atoms with Gasteiger partial charge in [0.1, 0.15) is 5.69 Å². The molecule has 0 atom stereocenters. The molecule has 0 saturated heterocycles. The van der Waals surface area contributed by atoms with Crippen LogP contribution in [0.5, 0.6) is 5.88 Å². The zero-order chi connectivity index (χ0) is 20.5. The molecule has 0 aliphatic heterocycles. The molecule has 10 nitrogen and oxygen atoms in total. The van der Waals surface area contributed by atoms with Gasteiger partial charge in [0.25, 0.3) is 10.1 Å². The van der Waals surface area contributed by atoms with Crippen molar-refractivity contribution in [1.29, 1.82) is 0 Å². The molecular formula is C17H12CrN4O6S+. The number of carboxylic acids is 1. The maximum absolute atomic E-state index is 12.6. The van der Waals surface area contributed by atoms with Crippen molar-refractivity contribution in [2.75, 3.05) is 0 Å². The summed E-state index contributed by atoms with van der Waals surface area (Å²) >= 11 is 0. The van der Waals surface area contributed by atoms with Gasteiger partial charge in [0, 0.05) is 11.4 Å². The van der Waals surface area contributed by atoms with E-state index < -0.39 is 22.0 Å². The minimum atomic E-state index is -4.36. The van der Waals surface area contributed by atoms with Crippen LogP contribution in [0.3, 0.4) is 0 Å². The van der Waals surface area contributed by atoms with Crippen molar-refractivity contribution in [3.63, 3.8) is 0 Å². The van der Waals surface area contributed by atoms with Gasteiger partial charge in [0.2, 0.25) is 0 Å². The van der Waals surface area contributed by atoms with E-state index in [1.165, 1.54) is 37.3 Å². The van der Waals surface area contributed by atoms with Gasteiger partial charge in [-0.2, -0.15) is 13.5 Å². The van der Waals surface area contributed by atoms with Gasteiger partial charge in [0.15, 0.2) is 0 Å². The quantitative estimate of drug-likeness (QED) is 0.451. The molecule has 0 bridgehead atoms. The third-order valence-electron chi connectivity index (χ3n) is 3.75. The number of rotatable bonds is 5. The third-order valence-corrected chi connectivity index (χ3v) is 4.62. The Labute approximate surface area is 176 Å². The van der Waals surface area contributed by atoms with E-state index in [-0.39, 0.29) is 50.6 Å². The first-order valence-corrected chi connectivity index (χ1v) is 9.19. The molecule has 0 unspecified atom stereocenters. The van der Waals surface area contributed by atoms with E-state index in [2.05, 4.69) is 15.3 Å². The van der Waals surface area contributed by atoms with Gasteiger partial charge in [0.05, 0.1) is 27.9 Å². The molecule has 0 aliphatic carbocycles. The SMILES string of the molecule is Cc1nn(-c2ccc(S(=O)(=O)O)cc2)c([O-])c1N=Nc1ccccc1C(=O)[O-].[Cr+3]. The Bertz CT molecular complexity index is 1190. The second-order valence-electron chi connectivity index (χ2n) is 5.62. The average Bonchev–Trinajstić information content (AvgIpc) is 2.93. The molecule has 12 heteroatoms. The second-order valence-corrected chi connectivity index (χ2v) is 7.05. The van der Waals surface area contributed by atoms with Gasteiger partial charge in [-0.15, -0.1) is 10.2 Å². The average molecular weight is 452 g/mol. The van der Waals surface area contributed by atoms with E-state index in [1.807, 2.05) is 0 Å². The Morgan fingerprint density at radius 2 is 1.72 bits per heavy atom. The summed E-state index contributed by atoms with van der Waals surface area (Å²) in [4.78, 5) is 10.8. The number of hydrogen-bond acceptors (Lipinski definition) is 8. The van der Waals surface area contributed by atoms with Gasteiger partial charge < -0.3 is 15.0 Å². The summed E-state index contributed by atoms with van der Waals surface area (Å²) in [5.74, 6) is -2.06. The van der Waals surface area contributed by atoms with Gasteiger partial charge in [-0.3, -0.25) is 4.55 Å². The zero-order valence-corrected chi connectivity index (χ0v) is 16.8. The predicted octanol–water partition coefficient (Wildman–Crippen LogP) is 1.28. The van der Waals surface area contributed by atoms with E-state index in [0.29, 0.717) is 0 Å². The number of carbonyl (C=O) groups is 1. The van der Waals surface area contributed by atoms with Gasteiger partial charge in [-0.05, 0) is 37.3 Å². The number of aryl methyl sites for hydroxylation is 1. The van der Waals surface area contributed by atoms with Gasteiger partial charge in [-0.1, -0.05) is 18.2 Å². The summed E-state index contributed by atoms with van der Waals surface area (Å²) in [7, 11) is -4.36. The van der Waals surface area contributed by atoms with Crippen LogP contribution in [0.4, 0.5) is 11.4 Å². The van der Waals surface area contributed by atoms with Crippen LogP contribution in [-0.4, -0.2) is 28.7 Å². The molecule has 1 radical (unpaired) electrons. The molecule has 0 fully saturated rings. The van der Waals surface area contributed by atoms with Crippen LogP contribution >= 0.6 is 0 Å². The van der Waals surface area contributed by atoms with E-state index in [4.69, 9.17) is 4.55 Å². The molecule has 1 aromatic heterocycles. The maximum atomic E-state index is 12.6. The molecule has 0 spiro atoms. The number of hydrogen-bond donors (Lipinski definition) is 1. The van der Waals surface area contributed by atoms with E-state index in [1.54, 1.807) is 6.07 Å². The monoisotopic (exact) mass is 452 g/mol. The topological polar surface area (TPSA) is 160 Å². The van der Waals surface area contributed by atoms with Crippen LogP contribution in [0.2, 0.25) is 0 Å². The van der Waals surface area contributed by atoms with Crippen molar-refractivity contribution < 1.29 is 45.3 Å². The predicted molar refractivity (Wildman–Crippen MR) is 92.5 cm³/mol. The molecule has 3 aromatic rings. The number of carboxylic acid groups (broad SMARTS) is 1. The number of nitrogens with zero attached hydrogens (tertiary/aromatic N) is 4. The molecule has 1 N–H and O–H groups in total. The van der Waals surface area contributed by atoms with Crippen molar-refractivity contribution in [1.82, 2.24) is 9.78 Å². The number of azo groups is 1. The Morgan fingerprint density at radius 3 is 2.31 bits per heavy atom. The van der Waals surface area contributed by atoms with Crippen molar-refractivity contribution in [2.24, 2.45) is 10.2 Å². The molecular weight excluding hydrogens is 440 g/mol. The summed E-state index contributed by atoms with van der Waals surface area (Å²) in [6.45, 7) is 1.52. The number of aromatic carboxylic acids is 1. The fourth-order valence-electron chi connectivity index (χ4n) is 2.38. The van der Waals surface area contributed by atoms with Crippen molar-refractivity contribution >= 4 is 27.5 Å². The molecule has 0 amide bonds. The van der Waals surface area contributed by atoms with Crippen LogP contribution in [-0.2, 0) is 27.5 Å². The first-order valence-electron chi connectivity index (χ1n) is 7.75. The van der Waals surface area contributed by atoms with Crippen LogP contribution in [0.25, 0.3) is 5.69 Å². The Hall–Kier alpha value is -3.04. The van der Waals surface area contributed by atoms with Gasteiger partial charge in [-0.25, -0.2) is 4.68 Å². The number of benzene rings is 2. The summed E-state index contributed by atoms with van der Waals surface area (Å²) in [6.07, 6.45) is 0. The summed E-state index contributed by atoms with van der Waals surface area (Å²) in [5, 5.41) is 35.4. The summed E-state index contributed by atoms with van der Waals surface area (Å²) in [5.41, 5.74) is 0.221. The maximum Gasteiger partial charge on any atom is 3.00 e. The van der Waals surface area contributed by atoms with E-state index in [9.17, 15) is 23.4 Å². The van der Waals surface area contributed by atoms with E-state index in [0.717, 1.165) is 16.8 Å². The van der Waals surface area contributed by atoms with Crippen LogP contribution < -0.4 is 10.2 Å². The first kappa shape index (κ1) is 22.3. The van der Waals surface area contributed by atoms with Crippen LogP contribution in [0.15, 0.2) is 63.7 Å². The number of carbonyl (C=O) groups excluding carboxylic acids is 1. The molecule has 1 heterocycles. The molecule has 147 valence electrons. The minimum Gasteiger partial charge on any atom is -0.857 e. The molecule has 2 aromatic carbocycles. The third kappa shape index (κ3) is 4.69. The van der Waals surface area contributed by atoms with Crippen LogP contribution in [0.1, 0.15) is 16.1 Å². The largest absolute Gasteiger partial charge is 3.00 e. The second kappa shape index (κ2) is 8.54. The summed E-state index contributed by atoms with van der Waals surface area (Å²) in [6, 6.07) is 10.6. The van der Waals surface area contributed by atoms with Crippen molar-refractivity contribution in [2.45, 2.75) is 11.8 Å². The first-order chi connectivity index (χ1) is 13.2. The smallest absolute Gasteiger partial charge is 0.857 e. The Kier molecular flexibility index (Phi) is 6.56. The van der Waals surface area contributed by atoms with Crippen LogP contribution in [0, 0.1) is 6.92 Å². The molecule has 0 aliphatic rings. The number of aromatic nitrogens is 2. The standard InChI is InChI=1S/C17H14N4O6S.Cr/c1-10-15(19-18-14-5-3-2-4-13(14)17(23)24)16(22)21(20-10)11-6-8-12(9-7-11)28(25,26)27;/h2-9,22H,1H3,(H,23,24)(H,25,26,27);/q;+3/p-2.